The number of methoxy groups -OCH3 is 1. The molecule has 1 aliphatic rings. The zero-order valence-electron chi connectivity index (χ0n) is 18.3. The Morgan fingerprint density at radius 2 is 1.79 bits per heavy atom. The van der Waals surface area contributed by atoms with Crippen molar-refractivity contribution in [2.24, 2.45) is 0 Å². The van der Waals surface area contributed by atoms with Gasteiger partial charge in [-0.1, -0.05) is 22.0 Å². The van der Waals surface area contributed by atoms with E-state index in [-0.39, 0.29) is 12.4 Å². The predicted octanol–water partition coefficient (Wildman–Crippen LogP) is 4.72. The van der Waals surface area contributed by atoms with Crippen LogP contribution in [0.1, 0.15) is 36.7 Å². The number of halogens is 1. The lowest BCUT2D eigenvalue weighted by Crippen LogP contribution is -2.21. The van der Waals surface area contributed by atoms with Crippen LogP contribution in [-0.4, -0.2) is 38.4 Å². The van der Waals surface area contributed by atoms with E-state index in [1.165, 1.54) is 18.4 Å². The summed E-state index contributed by atoms with van der Waals surface area (Å²) in [5, 5.41) is 3.02. The maximum absolute atomic E-state index is 12.6. The van der Waals surface area contributed by atoms with Crippen LogP contribution in [0, 0.1) is 6.92 Å². The van der Waals surface area contributed by atoms with Gasteiger partial charge in [0.15, 0.2) is 18.1 Å². The van der Waals surface area contributed by atoms with Gasteiger partial charge in [0.05, 0.1) is 18.2 Å². The Hall–Kier alpha value is -3.37. The van der Waals surface area contributed by atoms with Gasteiger partial charge >= 0.3 is 11.9 Å². The van der Waals surface area contributed by atoms with E-state index in [1.807, 2.05) is 25.1 Å². The van der Waals surface area contributed by atoms with E-state index in [0.29, 0.717) is 28.5 Å². The van der Waals surface area contributed by atoms with Gasteiger partial charge in [-0.2, -0.15) is 0 Å². The summed E-state index contributed by atoms with van der Waals surface area (Å²) in [6.45, 7) is 1.54. The Balaban J connectivity index is 1.49. The molecule has 0 radical (unpaired) electrons. The average Bonchev–Trinajstić information content (AvgIpc) is 3.41. The Morgan fingerprint density at radius 1 is 1.06 bits per heavy atom. The number of fused-ring (bicyclic) bond motifs is 1. The predicted molar refractivity (Wildman–Crippen MR) is 129 cm³/mol. The fourth-order valence-corrected chi connectivity index (χ4v) is 4.76. The molecule has 1 amide bonds. The number of carbonyl (C=O) groups is 3. The van der Waals surface area contributed by atoms with E-state index in [4.69, 9.17) is 18.9 Å². The molecular weight excluding hydrogens is 526 g/mol. The van der Waals surface area contributed by atoms with Crippen LogP contribution < -0.4 is 14.8 Å². The first-order valence-electron chi connectivity index (χ1n) is 10.2. The fourth-order valence-electron chi connectivity index (χ4n) is 3.42. The van der Waals surface area contributed by atoms with Crippen LogP contribution in [0.2, 0.25) is 0 Å². The summed E-state index contributed by atoms with van der Waals surface area (Å²) in [6.07, 6.45) is 0.428. The van der Waals surface area contributed by atoms with Gasteiger partial charge in [-0.3, -0.25) is 4.79 Å². The number of ether oxygens (including phenoxy) is 4. The second kappa shape index (κ2) is 10.3. The molecule has 1 aliphatic heterocycles. The Kier molecular flexibility index (Phi) is 7.18. The molecule has 2 aromatic carbocycles. The second-order valence-electron chi connectivity index (χ2n) is 7.33. The summed E-state index contributed by atoms with van der Waals surface area (Å²) in [5.41, 5.74) is 2.24. The lowest BCUT2D eigenvalue weighted by Gasteiger charge is -2.09. The maximum atomic E-state index is 12.6. The van der Waals surface area contributed by atoms with Gasteiger partial charge in [0.2, 0.25) is 6.79 Å². The third-order valence-corrected chi connectivity index (χ3v) is 6.68. The summed E-state index contributed by atoms with van der Waals surface area (Å²) in [4.78, 5) is 38.1. The van der Waals surface area contributed by atoms with Gasteiger partial charge in [0.1, 0.15) is 5.00 Å². The lowest BCUT2D eigenvalue weighted by atomic mass is 10.0. The molecular formula is C24H20BrNO7S. The van der Waals surface area contributed by atoms with Crippen LogP contribution in [0.15, 0.2) is 46.9 Å². The van der Waals surface area contributed by atoms with E-state index in [2.05, 4.69) is 21.2 Å². The molecule has 4 rings (SSSR count). The molecule has 10 heteroatoms. The van der Waals surface area contributed by atoms with Crippen LogP contribution in [0.3, 0.4) is 0 Å². The number of hydrogen-bond donors (Lipinski definition) is 1. The Morgan fingerprint density at radius 3 is 2.53 bits per heavy atom. The largest absolute Gasteiger partial charge is 0.465 e. The van der Waals surface area contributed by atoms with E-state index in [0.717, 1.165) is 20.5 Å². The zero-order chi connectivity index (χ0) is 24.2. The van der Waals surface area contributed by atoms with Gasteiger partial charge in [0.25, 0.3) is 5.91 Å². The summed E-state index contributed by atoms with van der Waals surface area (Å²) in [5.74, 6) is -0.439. The number of nitrogens with one attached hydrogen (secondary N) is 1. The monoisotopic (exact) mass is 545 g/mol. The zero-order valence-corrected chi connectivity index (χ0v) is 20.7. The first kappa shape index (κ1) is 23.8. The summed E-state index contributed by atoms with van der Waals surface area (Å²) < 4.78 is 21.7. The molecule has 1 aromatic heterocycles. The highest BCUT2D eigenvalue weighted by molar-refractivity contribution is 9.10. The highest BCUT2D eigenvalue weighted by atomic mass is 79.9. The van der Waals surface area contributed by atoms with Crippen LogP contribution in [0.25, 0.3) is 0 Å². The highest BCUT2D eigenvalue weighted by Crippen LogP contribution is 2.37. The van der Waals surface area contributed by atoms with Crippen LogP contribution in [-0.2, 0) is 20.7 Å². The van der Waals surface area contributed by atoms with E-state index >= 15 is 0 Å². The quantitative estimate of drug-likeness (QED) is 0.428. The van der Waals surface area contributed by atoms with Gasteiger partial charge in [0, 0.05) is 9.35 Å². The molecule has 2 heterocycles. The van der Waals surface area contributed by atoms with Crippen LogP contribution in [0.4, 0.5) is 5.00 Å². The van der Waals surface area contributed by atoms with Gasteiger partial charge in [-0.05, 0) is 60.9 Å². The standard InChI is InChI=1S/C24H20BrNO7S/c1-13-17(9-14-3-8-18-19(10-14)33-12-32-18)21(24(29)30-2)22(34-13)26-20(27)11-31-23(28)15-4-6-16(25)7-5-15/h3-8,10H,9,11-12H2,1-2H3,(H,26,27). The van der Waals surface area contributed by atoms with Gasteiger partial charge in [-0.15, -0.1) is 11.3 Å². The minimum absolute atomic E-state index is 0.173. The van der Waals surface area contributed by atoms with Crippen molar-refractivity contribution in [3.8, 4) is 11.5 Å². The number of hydrogen-bond acceptors (Lipinski definition) is 8. The van der Waals surface area contributed by atoms with Crippen molar-refractivity contribution >= 4 is 50.1 Å². The van der Waals surface area contributed by atoms with Crippen molar-refractivity contribution in [2.75, 3.05) is 25.8 Å². The molecule has 0 unspecified atom stereocenters. The third-order valence-electron chi connectivity index (χ3n) is 5.08. The topological polar surface area (TPSA) is 100 Å². The number of aryl methyl sites for hydroxylation is 1. The number of carbonyl (C=O) groups excluding carboxylic acids is 3. The lowest BCUT2D eigenvalue weighted by molar-refractivity contribution is -0.119. The van der Waals surface area contributed by atoms with Crippen molar-refractivity contribution in [1.29, 1.82) is 0 Å². The maximum Gasteiger partial charge on any atom is 0.341 e. The minimum atomic E-state index is -0.623. The smallest absolute Gasteiger partial charge is 0.341 e. The molecule has 0 saturated carbocycles. The molecule has 3 aromatic rings. The number of rotatable bonds is 7. The summed E-state index contributed by atoms with van der Waals surface area (Å²) in [7, 11) is 1.28. The second-order valence-corrected chi connectivity index (χ2v) is 9.47. The van der Waals surface area contributed by atoms with Crippen molar-refractivity contribution in [3.05, 3.63) is 74.1 Å². The van der Waals surface area contributed by atoms with Crippen molar-refractivity contribution in [1.82, 2.24) is 0 Å². The summed E-state index contributed by atoms with van der Waals surface area (Å²) in [6, 6.07) is 12.2. The Bertz CT molecular complexity index is 1250. The third kappa shape index (κ3) is 5.23. The van der Waals surface area contributed by atoms with Crippen LogP contribution >= 0.6 is 27.3 Å². The minimum Gasteiger partial charge on any atom is -0.465 e. The number of anilines is 1. The molecule has 176 valence electrons. The van der Waals surface area contributed by atoms with Gasteiger partial charge in [-0.25, -0.2) is 9.59 Å². The van der Waals surface area contributed by atoms with Crippen molar-refractivity contribution in [3.63, 3.8) is 0 Å². The molecule has 0 aliphatic carbocycles. The molecule has 34 heavy (non-hydrogen) atoms. The first-order chi connectivity index (χ1) is 16.4. The molecule has 0 fully saturated rings. The number of thiophene rings is 1. The normalized spacial score (nSPS) is 11.7. The van der Waals surface area contributed by atoms with E-state index in [9.17, 15) is 14.4 Å². The SMILES string of the molecule is COC(=O)c1c(NC(=O)COC(=O)c2ccc(Br)cc2)sc(C)c1Cc1ccc2c(c1)OCO2. The van der Waals surface area contributed by atoms with E-state index in [1.54, 1.807) is 24.3 Å². The number of amides is 1. The molecule has 8 nitrogen and oxygen atoms in total. The van der Waals surface area contributed by atoms with Crippen molar-refractivity contribution < 1.29 is 33.3 Å². The first-order valence-corrected chi connectivity index (χ1v) is 11.8. The molecule has 0 saturated heterocycles. The van der Waals surface area contributed by atoms with Crippen molar-refractivity contribution in [2.45, 2.75) is 13.3 Å². The molecule has 1 N–H and O–H groups in total. The molecule has 0 atom stereocenters. The number of esters is 2. The van der Waals surface area contributed by atoms with E-state index < -0.39 is 24.5 Å². The van der Waals surface area contributed by atoms with Crippen LogP contribution in [0.5, 0.6) is 11.5 Å². The average molecular weight is 546 g/mol. The molecule has 0 spiro atoms. The molecule has 0 bridgehead atoms. The van der Waals surface area contributed by atoms with Gasteiger partial charge < -0.3 is 24.3 Å². The highest BCUT2D eigenvalue weighted by Gasteiger charge is 2.25. The Labute approximate surface area is 207 Å². The summed E-state index contributed by atoms with van der Waals surface area (Å²) >= 11 is 4.55. The fraction of sp³-hybridized carbons (Fsp3) is 0.208. The number of benzene rings is 2.